The summed E-state index contributed by atoms with van der Waals surface area (Å²) in [4.78, 5) is 22.0. The number of para-hydroxylation sites is 1. The van der Waals surface area contributed by atoms with Crippen molar-refractivity contribution < 1.29 is 19.9 Å². The Morgan fingerprint density at radius 2 is 1.95 bits per heavy atom. The highest BCUT2D eigenvalue weighted by Gasteiger charge is 2.18. The van der Waals surface area contributed by atoms with Gasteiger partial charge < -0.3 is 10.2 Å². The van der Waals surface area contributed by atoms with Crippen LogP contribution >= 0.6 is 0 Å². The number of nitro groups is 1. The maximum atomic E-state index is 11.9. The van der Waals surface area contributed by atoms with Gasteiger partial charge in [0, 0.05) is 17.7 Å². The monoisotopic (exact) mass is 301 g/mol. The van der Waals surface area contributed by atoms with Gasteiger partial charge in [-0.3, -0.25) is 14.9 Å². The zero-order valence-electron chi connectivity index (χ0n) is 11.1. The molecule has 8 heteroatoms. The highest BCUT2D eigenvalue weighted by atomic mass is 16.6. The number of benzene rings is 2. The Kier molecular flexibility index (Phi) is 4.33. The molecule has 0 saturated heterocycles. The summed E-state index contributed by atoms with van der Waals surface area (Å²) in [6.07, 6.45) is 1.15. The topological polar surface area (TPSA) is 125 Å². The van der Waals surface area contributed by atoms with Crippen molar-refractivity contribution in [2.75, 3.05) is 0 Å². The third kappa shape index (κ3) is 3.37. The molecule has 2 aromatic rings. The lowest BCUT2D eigenvalue weighted by Gasteiger charge is -2.02. The second kappa shape index (κ2) is 6.35. The van der Waals surface area contributed by atoms with E-state index in [4.69, 9.17) is 5.11 Å². The second-order valence-corrected chi connectivity index (χ2v) is 4.22. The number of hydrazone groups is 1. The summed E-state index contributed by atoms with van der Waals surface area (Å²) < 4.78 is 0. The molecule has 8 nitrogen and oxygen atoms in total. The van der Waals surface area contributed by atoms with Crippen molar-refractivity contribution in [1.29, 1.82) is 0 Å². The van der Waals surface area contributed by atoms with E-state index in [9.17, 15) is 20.0 Å². The quantitative estimate of drug-likeness (QED) is 0.451. The van der Waals surface area contributed by atoms with Gasteiger partial charge in [0.25, 0.3) is 11.6 Å². The van der Waals surface area contributed by atoms with Gasteiger partial charge >= 0.3 is 0 Å². The van der Waals surface area contributed by atoms with Crippen LogP contribution in [-0.2, 0) is 0 Å². The Morgan fingerprint density at radius 3 is 2.64 bits per heavy atom. The lowest BCUT2D eigenvalue weighted by Crippen LogP contribution is -2.18. The van der Waals surface area contributed by atoms with Crippen LogP contribution in [-0.4, -0.2) is 27.3 Å². The van der Waals surface area contributed by atoms with Crippen molar-refractivity contribution >= 4 is 17.8 Å². The molecule has 0 unspecified atom stereocenters. The minimum Gasteiger partial charge on any atom is -0.508 e. The van der Waals surface area contributed by atoms with Crippen LogP contribution in [0.5, 0.6) is 11.5 Å². The highest BCUT2D eigenvalue weighted by Crippen LogP contribution is 2.21. The van der Waals surface area contributed by atoms with Gasteiger partial charge in [-0.25, -0.2) is 5.43 Å². The molecule has 0 atom stereocenters. The van der Waals surface area contributed by atoms with Gasteiger partial charge in [0.15, 0.2) is 0 Å². The van der Waals surface area contributed by atoms with Crippen molar-refractivity contribution in [3.63, 3.8) is 0 Å². The first kappa shape index (κ1) is 15.0. The Bertz CT molecular complexity index is 758. The predicted molar refractivity (Wildman–Crippen MR) is 77.9 cm³/mol. The molecule has 0 aliphatic heterocycles. The van der Waals surface area contributed by atoms with E-state index >= 15 is 0 Å². The molecular weight excluding hydrogens is 290 g/mol. The van der Waals surface area contributed by atoms with E-state index in [1.807, 2.05) is 0 Å². The number of nitrogens with one attached hydrogen (secondary N) is 1. The first-order valence-electron chi connectivity index (χ1n) is 6.08. The second-order valence-electron chi connectivity index (χ2n) is 4.22. The number of carbonyl (C=O) groups is 1. The van der Waals surface area contributed by atoms with E-state index in [0.29, 0.717) is 0 Å². The van der Waals surface area contributed by atoms with Crippen LogP contribution in [0, 0.1) is 10.1 Å². The molecule has 22 heavy (non-hydrogen) atoms. The van der Waals surface area contributed by atoms with E-state index in [2.05, 4.69) is 10.5 Å². The lowest BCUT2D eigenvalue weighted by atomic mass is 10.2. The molecule has 0 saturated carbocycles. The van der Waals surface area contributed by atoms with Gasteiger partial charge in [-0.2, -0.15) is 5.10 Å². The number of phenols is 2. The maximum absolute atomic E-state index is 11.9. The molecule has 0 heterocycles. The highest BCUT2D eigenvalue weighted by molar-refractivity contribution is 5.98. The van der Waals surface area contributed by atoms with E-state index in [1.165, 1.54) is 36.4 Å². The Balaban J connectivity index is 2.13. The third-order valence-corrected chi connectivity index (χ3v) is 2.73. The molecular formula is C14H11N3O5. The number of rotatable bonds is 4. The molecule has 3 N–H and O–H groups in total. The average Bonchev–Trinajstić information content (AvgIpc) is 2.49. The Morgan fingerprint density at radius 1 is 1.23 bits per heavy atom. The van der Waals surface area contributed by atoms with Crippen LogP contribution in [0.3, 0.4) is 0 Å². The fourth-order valence-electron chi connectivity index (χ4n) is 1.69. The maximum Gasteiger partial charge on any atom is 0.282 e. The molecule has 0 aromatic heterocycles. The third-order valence-electron chi connectivity index (χ3n) is 2.73. The molecule has 0 radical (unpaired) electrons. The van der Waals surface area contributed by atoms with Gasteiger partial charge in [-0.05, 0) is 18.2 Å². The summed E-state index contributed by atoms with van der Waals surface area (Å²) >= 11 is 0. The van der Waals surface area contributed by atoms with Gasteiger partial charge in [0.2, 0.25) is 0 Å². The SMILES string of the molecule is O=C(N/N=C\c1ccc(O)cc1O)c1ccccc1[N+](=O)[O-]. The fourth-order valence-corrected chi connectivity index (χ4v) is 1.69. The Hall–Kier alpha value is -3.42. The van der Waals surface area contributed by atoms with Crippen molar-refractivity contribution in [2.45, 2.75) is 0 Å². The van der Waals surface area contributed by atoms with E-state index < -0.39 is 10.8 Å². The van der Waals surface area contributed by atoms with Crippen LogP contribution in [0.1, 0.15) is 15.9 Å². The summed E-state index contributed by atoms with van der Waals surface area (Å²) in [6.45, 7) is 0. The zero-order chi connectivity index (χ0) is 16.1. The normalized spacial score (nSPS) is 10.5. The van der Waals surface area contributed by atoms with Gasteiger partial charge in [-0.1, -0.05) is 12.1 Å². The molecule has 0 bridgehead atoms. The zero-order valence-corrected chi connectivity index (χ0v) is 11.1. The lowest BCUT2D eigenvalue weighted by molar-refractivity contribution is -0.385. The van der Waals surface area contributed by atoms with Crippen molar-refractivity contribution in [3.05, 3.63) is 63.7 Å². The van der Waals surface area contributed by atoms with Gasteiger partial charge in [-0.15, -0.1) is 0 Å². The first-order valence-corrected chi connectivity index (χ1v) is 6.08. The number of amides is 1. The average molecular weight is 301 g/mol. The number of hydrogen-bond acceptors (Lipinski definition) is 6. The summed E-state index contributed by atoms with van der Waals surface area (Å²) in [7, 11) is 0. The number of nitrogens with zero attached hydrogens (tertiary/aromatic N) is 2. The smallest absolute Gasteiger partial charge is 0.282 e. The van der Waals surface area contributed by atoms with E-state index in [0.717, 1.165) is 12.3 Å². The van der Waals surface area contributed by atoms with Crippen molar-refractivity contribution in [3.8, 4) is 11.5 Å². The molecule has 1 amide bonds. The van der Waals surface area contributed by atoms with Crippen molar-refractivity contribution in [1.82, 2.24) is 5.43 Å². The van der Waals surface area contributed by atoms with Crippen LogP contribution in [0.25, 0.3) is 0 Å². The van der Waals surface area contributed by atoms with Crippen molar-refractivity contribution in [2.24, 2.45) is 5.10 Å². The molecule has 0 spiro atoms. The predicted octanol–water partition coefficient (Wildman–Crippen LogP) is 1.77. The largest absolute Gasteiger partial charge is 0.508 e. The molecule has 0 aliphatic carbocycles. The molecule has 2 aromatic carbocycles. The van der Waals surface area contributed by atoms with Crippen LogP contribution < -0.4 is 5.43 Å². The van der Waals surface area contributed by atoms with E-state index in [-0.39, 0.29) is 28.3 Å². The molecule has 112 valence electrons. The van der Waals surface area contributed by atoms with Gasteiger partial charge in [0.05, 0.1) is 11.1 Å². The summed E-state index contributed by atoms with van der Waals surface area (Å²) in [5, 5.41) is 33.1. The summed E-state index contributed by atoms with van der Waals surface area (Å²) in [5.41, 5.74) is 1.95. The van der Waals surface area contributed by atoms with Crippen LogP contribution in [0.4, 0.5) is 5.69 Å². The Labute approximate surface area is 124 Å². The number of phenolic OH excluding ortho intramolecular Hbond substituents is 2. The molecule has 2 rings (SSSR count). The van der Waals surface area contributed by atoms with E-state index in [1.54, 1.807) is 0 Å². The number of carbonyl (C=O) groups excluding carboxylic acids is 1. The minimum atomic E-state index is -0.748. The fraction of sp³-hybridized carbons (Fsp3) is 0. The minimum absolute atomic E-state index is 0.112. The number of aromatic hydroxyl groups is 2. The standard InChI is InChI=1S/C14H11N3O5/c18-10-6-5-9(13(19)7-10)8-15-16-14(20)11-3-1-2-4-12(11)17(21)22/h1-8,18-19H,(H,16,20)/b15-8-. The van der Waals surface area contributed by atoms with Gasteiger partial charge in [0.1, 0.15) is 17.1 Å². The van der Waals surface area contributed by atoms with Crippen LogP contribution in [0.15, 0.2) is 47.6 Å². The number of nitro benzene ring substituents is 1. The number of hydrogen-bond donors (Lipinski definition) is 3. The first-order chi connectivity index (χ1) is 10.5. The molecule has 0 fully saturated rings. The summed E-state index contributed by atoms with van der Waals surface area (Å²) in [6, 6.07) is 9.32. The summed E-state index contributed by atoms with van der Waals surface area (Å²) in [5.74, 6) is -1.08. The van der Waals surface area contributed by atoms with Crippen LogP contribution in [0.2, 0.25) is 0 Å². The molecule has 0 aliphatic rings.